The summed E-state index contributed by atoms with van der Waals surface area (Å²) < 4.78 is 1.76. The van der Waals surface area contributed by atoms with Crippen molar-refractivity contribution in [1.29, 1.82) is 0 Å². The maximum absolute atomic E-state index is 6.16. The average molecular weight is 343 g/mol. The van der Waals surface area contributed by atoms with Gasteiger partial charge in [0.15, 0.2) is 10.9 Å². The zero-order chi connectivity index (χ0) is 15.4. The molecular weight excluding hydrogens is 327 g/mol. The molecule has 1 aromatic carbocycles. The summed E-state index contributed by atoms with van der Waals surface area (Å²) in [6, 6.07) is 7.56. The first-order valence-corrected chi connectivity index (χ1v) is 7.66. The lowest BCUT2D eigenvalue weighted by Gasteiger charge is -2.11. The van der Waals surface area contributed by atoms with E-state index in [1.54, 1.807) is 4.68 Å². The summed E-state index contributed by atoms with van der Waals surface area (Å²) in [6.45, 7) is 4.54. The zero-order valence-electron chi connectivity index (χ0n) is 11.7. The third-order valence-corrected chi connectivity index (χ3v) is 3.61. The normalized spacial score (nSPS) is 10.7. The van der Waals surface area contributed by atoms with E-state index in [1.165, 1.54) is 0 Å². The molecule has 2 aromatic rings. The molecule has 112 valence electrons. The number of halogens is 2. The van der Waals surface area contributed by atoms with E-state index >= 15 is 0 Å². The van der Waals surface area contributed by atoms with Gasteiger partial charge in [-0.3, -0.25) is 4.68 Å². The number of thiocarbonyl (C=S) groups is 1. The maximum Gasteiger partial charge on any atom is 0.172 e. The molecule has 0 aliphatic rings. The molecule has 0 unspecified atom stereocenters. The Morgan fingerprint density at radius 1 is 1.29 bits per heavy atom. The van der Waals surface area contributed by atoms with Crippen molar-refractivity contribution in [3.63, 3.8) is 0 Å². The van der Waals surface area contributed by atoms with Crippen LogP contribution in [0.5, 0.6) is 0 Å². The Kier molecular flexibility index (Phi) is 5.45. The second-order valence-corrected chi connectivity index (χ2v) is 6.07. The van der Waals surface area contributed by atoms with Gasteiger partial charge in [0.05, 0.1) is 6.54 Å². The van der Waals surface area contributed by atoms with Crippen LogP contribution in [0, 0.1) is 0 Å². The fourth-order valence-corrected chi connectivity index (χ4v) is 2.63. The van der Waals surface area contributed by atoms with Gasteiger partial charge in [-0.1, -0.05) is 29.3 Å². The van der Waals surface area contributed by atoms with Crippen LogP contribution in [0.15, 0.2) is 30.5 Å². The Labute approximate surface area is 139 Å². The maximum atomic E-state index is 6.16. The minimum absolute atomic E-state index is 0.272. The molecule has 0 saturated carbocycles. The Hall–Kier alpha value is -1.30. The molecule has 0 amide bonds. The fraction of sp³-hybridized carbons (Fsp3) is 0.286. The van der Waals surface area contributed by atoms with Crippen molar-refractivity contribution in [3.05, 3.63) is 46.1 Å². The molecule has 0 aliphatic carbocycles. The van der Waals surface area contributed by atoms with Crippen LogP contribution in [0.25, 0.3) is 0 Å². The van der Waals surface area contributed by atoms with Gasteiger partial charge in [-0.05, 0) is 38.2 Å². The van der Waals surface area contributed by atoms with E-state index in [0.717, 1.165) is 5.56 Å². The van der Waals surface area contributed by atoms with E-state index < -0.39 is 0 Å². The first kappa shape index (κ1) is 16.1. The van der Waals surface area contributed by atoms with Crippen LogP contribution < -0.4 is 10.6 Å². The van der Waals surface area contributed by atoms with E-state index in [9.17, 15) is 0 Å². The topological polar surface area (TPSA) is 41.9 Å². The number of anilines is 1. The van der Waals surface area contributed by atoms with Gasteiger partial charge in [-0.25, -0.2) is 0 Å². The van der Waals surface area contributed by atoms with E-state index in [4.69, 9.17) is 35.4 Å². The summed E-state index contributed by atoms with van der Waals surface area (Å²) in [4.78, 5) is 0. The molecule has 21 heavy (non-hydrogen) atoms. The quantitative estimate of drug-likeness (QED) is 0.826. The van der Waals surface area contributed by atoms with Crippen LogP contribution in [0.2, 0.25) is 10.0 Å². The van der Waals surface area contributed by atoms with Crippen molar-refractivity contribution < 1.29 is 0 Å². The van der Waals surface area contributed by atoms with Crippen LogP contribution in [0.1, 0.15) is 19.4 Å². The Morgan fingerprint density at radius 2 is 1.95 bits per heavy atom. The monoisotopic (exact) mass is 342 g/mol. The first-order chi connectivity index (χ1) is 9.95. The zero-order valence-corrected chi connectivity index (χ0v) is 14.1. The second kappa shape index (κ2) is 7.11. The van der Waals surface area contributed by atoms with Crippen molar-refractivity contribution >= 4 is 46.4 Å². The summed E-state index contributed by atoms with van der Waals surface area (Å²) in [5, 5.41) is 12.3. The van der Waals surface area contributed by atoms with Crippen molar-refractivity contribution in [3.8, 4) is 0 Å². The molecule has 0 atom stereocenters. The van der Waals surface area contributed by atoms with E-state index in [1.807, 2.05) is 44.3 Å². The lowest BCUT2D eigenvalue weighted by molar-refractivity contribution is 0.689. The van der Waals surface area contributed by atoms with Crippen molar-refractivity contribution in [1.82, 2.24) is 15.1 Å². The number of aromatic nitrogens is 2. The Balaban J connectivity index is 2.05. The largest absolute Gasteiger partial charge is 0.360 e. The number of hydrogen-bond acceptors (Lipinski definition) is 2. The number of hydrogen-bond donors (Lipinski definition) is 2. The molecule has 0 bridgehead atoms. The van der Waals surface area contributed by atoms with Gasteiger partial charge in [-0.2, -0.15) is 5.10 Å². The predicted octanol–water partition coefficient (Wildman–Crippen LogP) is 3.93. The van der Waals surface area contributed by atoms with Crippen LogP contribution >= 0.6 is 35.4 Å². The highest BCUT2D eigenvalue weighted by atomic mass is 35.5. The summed E-state index contributed by atoms with van der Waals surface area (Å²) >= 11 is 17.5. The average Bonchev–Trinajstić information content (AvgIpc) is 2.80. The second-order valence-electron chi connectivity index (χ2n) is 4.85. The van der Waals surface area contributed by atoms with Crippen molar-refractivity contribution in [2.24, 2.45) is 0 Å². The Morgan fingerprint density at radius 3 is 2.57 bits per heavy atom. The van der Waals surface area contributed by atoms with Crippen LogP contribution in [0.3, 0.4) is 0 Å². The minimum Gasteiger partial charge on any atom is -0.360 e. The SMILES string of the molecule is CC(C)NC(=S)Nc1ccn(Cc2c(Cl)cccc2Cl)n1. The van der Waals surface area contributed by atoms with Crippen molar-refractivity contribution in [2.75, 3.05) is 5.32 Å². The van der Waals surface area contributed by atoms with Crippen LogP contribution in [0.4, 0.5) is 5.82 Å². The number of rotatable bonds is 4. The molecular formula is C14H16Cl2N4S. The van der Waals surface area contributed by atoms with E-state index in [2.05, 4.69) is 15.7 Å². The molecule has 0 radical (unpaired) electrons. The van der Waals surface area contributed by atoms with E-state index in [0.29, 0.717) is 27.5 Å². The van der Waals surface area contributed by atoms with Crippen LogP contribution in [-0.4, -0.2) is 20.9 Å². The van der Waals surface area contributed by atoms with Gasteiger partial charge >= 0.3 is 0 Å². The molecule has 4 nitrogen and oxygen atoms in total. The van der Waals surface area contributed by atoms with Gasteiger partial charge in [0.25, 0.3) is 0 Å². The predicted molar refractivity (Wildman–Crippen MR) is 92.3 cm³/mol. The van der Waals surface area contributed by atoms with Gasteiger partial charge in [0, 0.05) is 33.9 Å². The van der Waals surface area contributed by atoms with E-state index in [-0.39, 0.29) is 6.04 Å². The summed E-state index contributed by atoms with van der Waals surface area (Å²) in [7, 11) is 0. The highest BCUT2D eigenvalue weighted by Crippen LogP contribution is 2.25. The molecule has 1 heterocycles. The van der Waals surface area contributed by atoms with Crippen molar-refractivity contribution in [2.45, 2.75) is 26.4 Å². The molecule has 0 saturated heterocycles. The summed E-state index contributed by atoms with van der Waals surface area (Å²) in [5.74, 6) is 0.677. The van der Waals surface area contributed by atoms with Gasteiger partial charge in [-0.15, -0.1) is 0 Å². The standard InChI is InChI=1S/C14H16Cl2N4S/c1-9(2)17-14(21)18-13-6-7-20(19-13)8-10-11(15)4-3-5-12(10)16/h3-7,9H,8H2,1-2H3,(H2,17,18,19,21). The summed E-state index contributed by atoms with van der Waals surface area (Å²) in [5.41, 5.74) is 0.846. The molecule has 7 heteroatoms. The number of benzene rings is 1. The lowest BCUT2D eigenvalue weighted by Crippen LogP contribution is -2.34. The molecule has 0 fully saturated rings. The third kappa shape index (κ3) is 4.59. The Bertz CT molecular complexity index is 619. The number of nitrogens with zero attached hydrogens (tertiary/aromatic N) is 2. The molecule has 1 aromatic heterocycles. The molecule has 2 N–H and O–H groups in total. The highest BCUT2D eigenvalue weighted by Gasteiger charge is 2.08. The minimum atomic E-state index is 0.272. The molecule has 0 spiro atoms. The smallest absolute Gasteiger partial charge is 0.172 e. The highest BCUT2D eigenvalue weighted by molar-refractivity contribution is 7.80. The first-order valence-electron chi connectivity index (χ1n) is 6.49. The summed E-state index contributed by atoms with van der Waals surface area (Å²) in [6.07, 6.45) is 1.85. The van der Waals surface area contributed by atoms with Gasteiger partial charge < -0.3 is 10.6 Å². The van der Waals surface area contributed by atoms with Crippen LogP contribution in [-0.2, 0) is 6.54 Å². The third-order valence-electron chi connectivity index (χ3n) is 2.68. The molecule has 2 rings (SSSR count). The fourth-order valence-electron chi connectivity index (χ4n) is 1.78. The molecule has 0 aliphatic heterocycles. The lowest BCUT2D eigenvalue weighted by atomic mass is 10.2. The van der Waals surface area contributed by atoms with Gasteiger partial charge in [0.1, 0.15) is 0 Å². The van der Waals surface area contributed by atoms with Gasteiger partial charge in [0.2, 0.25) is 0 Å². The number of nitrogens with one attached hydrogen (secondary N) is 2.